The minimum atomic E-state index is 0.571. The fourth-order valence-electron chi connectivity index (χ4n) is 1.46. The largest absolute Gasteiger partial charge is 0.366 e. The summed E-state index contributed by atoms with van der Waals surface area (Å²) in [5.41, 5.74) is 0. The lowest BCUT2D eigenvalue weighted by molar-refractivity contribution is 0.802. The van der Waals surface area contributed by atoms with Gasteiger partial charge in [-0.2, -0.15) is 11.8 Å². The van der Waals surface area contributed by atoms with Crippen molar-refractivity contribution in [3.05, 3.63) is 16.5 Å². The van der Waals surface area contributed by atoms with Gasteiger partial charge in [-0.05, 0) is 35.0 Å². The number of anilines is 1. The zero-order valence-electron chi connectivity index (χ0n) is 7.96. The first-order valence-electron chi connectivity index (χ1n) is 4.59. The van der Waals surface area contributed by atoms with Crippen LogP contribution in [0.15, 0.2) is 10.7 Å². The van der Waals surface area contributed by atoms with Gasteiger partial charge >= 0.3 is 0 Å². The third-order valence-electron chi connectivity index (χ3n) is 2.09. The van der Waals surface area contributed by atoms with Crippen LogP contribution in [-0.2, 0) is 0 Å². The van der Waals surface area contributed by atoms with Crippen molar-refractivity contribution in [3.63, 3.8) is 0 Å². The third kappa shape index (κ3) is 2.60. The Bertz CT molecular complexity index is 306. The topological polar surface area (TPSA) is 37.8 Å². The molecular formula is C9H12BrN3S. The maximum Gasteiger partial charge on any atom is 0.131 e. The quantitative estimate of drug-likeness (QED) is 0.841. The van der Waals surface area contributed by atoms with E-state index < -0.39 is 0 Å². The molecule has 0 aliphatic carbocycles. The number of rotatable bonds is 2. The minimum Gasteiger partial charge on any atom is -0.366 e. The SMILES string of the molecule is Cc1nc(Br)cc(NC2CCSC2)n1. The second-order valence-electron chi connectivity index (χ2n) is 3.33. The molecule has 0 amide bonds. The molecule has 76 valence electrons. The molecule has 1 aromatic heterocycles. The predicted octanol–water partition coefficient (Wildman–Crippen LogP) is 2.46. The van der Waals surface area contributed by atoms with Crippen LogP contribution in [-0.4, -0.2) is 27.5 Å². The number of hydrogen-bond donors (Lipinski definition) is 1. The van der Waals surface area contributed by atoms with Crippen molar-refractivity contribution < 1.29 is 0 Å². The van der Waals surface area contributed by atoms with E-state index in [4.69, 9.17) is 0 Å². The number of halogens is 1. The molecule has 0 bridgehead atoms. The number of aryl methyl sites for hydroxylation is 1. The Kier molecular flexibility index (Phi) is 3.28. The molecule has 14 heavy (non-hydrogen) atoms. The summed E-state index contributed by atoms with van der Waals surface area (Å²) >= 11 is 5.36. The van der Waals surface area contributed by atoms with E-state index in [0.29, 0.717) is 6.04 Å². The van der Waals surface area contributed by atoms with Gasteiger partial charge in [0.2, 0.25) is 0 Å². The summed E-state index contributed by atoms with van der Waals surface area (Å²) < 4.78 is 0.846. The van der Waals surface area contributed by atoms with E-state index in [1.807, 2.05) is 24.8 Å². The fourth-order valence-corrected chi connectivity index (χ4v) is 3.09. The number of aromatic nitrogens is 2. The van der Waals surface area contributed by atoms with Crippen molar-refractivity contribution in [2.45, 2.75) is 19.4 Å². The average Bonchev–Trinajstić information content (AvgIpc) is 2.54. The molecule has 3 nitrogen and oxygen atoms in total. The molecule has 1 aromatic rings. The van der Waals surface area contributed by atoms with Gasteiger partial charge < -0.3 is 5.32 Å². The van der Waals surface area contributed by atoms with E-state index in [1.54, 1.807) is 0 Å². The molecule has 0 aromatic carbocycles. The maximum atomic E-state index is 4.34. The molecule has 0 radical (unpaired) electrons. The first kappa shape index (κ1) is 10.2. The standard InChI is InChI=1S/C9H12BrN3S/c1-6-11-8(10)4-9(12-6)13-7-2-3-14-5-7/h4,7H,2-3,5H2,1H3,(H,11,12,13). The van der Waals surface area contributed by atoms with Crippen molar-refractivity contribution in [2.24, 2.45) is 0 Å². The van der Waals surface area contributed by atoms with Gasteiger partial charge in [-0.15, -0.1) is 0 Å². The van der Waals surface area contributed by atoms with E-state index in [0.717, 1.165) is 16.2 Å². The molecular weight excluding hydrogens is 262 g/mol. The lowest BCUT2D eigenvalue weighted by Gasteiger charge is -2.12. The Hall–Kier alpha value is -0.290. The number of nitrogens with zero attached hydrogens (tertiary/aromatic N) is 2. The summed E-state index contributed by atoms with van der Waals surface area (Å²) in [4.78, 5) is 8.51. The molecule has 1 aliphatic heterocycles. The van der Waals surface area contributed by atoms with Gasteiger partial charge in [0, 0.05) is 17.9 Å². The Balaban J connectivity index is 2.07. The fraction of sp³-hybridized carbons (Fsp3) is 0.556. The predicted molar refractivity (Wildman–Crippen MR) is 63.8 cm³/mol. The summed E-state index contributed by atoms with van der Waals surface area (Å²) in [5.74, 6) is 4.16. The minimum absolute atomic E-state index is 0.571. The van der Waals surface area contributed by atoms with Gasteiger partial charge in [-0.1, -0.05) is 0 Å². The average molecular weight is 274 g/mol. The van der Waals surface area contributed by atoms with Gasteiger partial charge in [0.15, 0.2) is 0 Å². The molecule has 1 aliphatic rings. The molecule has 1 N–H and O–H groups in total. The molecule has 0 saturated carbocycles. The molecule has 2 heterocycles. The smallest absolute Gasteiger partial charge is 0.131 e. The van der Waals surface area contributed by atoms with Crippen LogP contribution in [0.1, 0.15) is 12.2 Å². The van der Waals surface area contributed by atoms with Crippen LogP contribution in [0.25, 0.3) is 0 Å². The number of thioether (sulfide) groups is 1. The normalized spacial score (nSPS) is 21.1. The van der Waals surface area contributed by atoms with Gasteiger partial charge in [-0.25, -0.2) is 9.97 Å². The lowest BCUT2D eigenvalue weighted by Crippen LogP contribution is -2.19. The zero-order valence-corrected chi connectivity index (χ0v) is 10.4. The van der Waals surface area contributed by atoms with E-state index in [1.165, 1.54) is 17.9 Å². The highest BCUT2D eigenvalue weighted by atomic mass is 79.9. The van der Waals surface area contributed by atoms with Crippen molar-refractivity contribution >= 4 is 33.5 Å². The van der Waals surface area contributed by atoms with Crippen LogP contribution < -0.4 is 5.32 Å². The van der Waals surface area contributed by atoms with Gasteiger partial charge in [0.1, 0.15) is 16.2 Å². The van der Waals surface area contributed by atoms with E-state index in [2.05, 4.69) is 31.2 Å². The van der Waals surface area contributed by atoms with Crippen molar-refractivity contribution in [1.29, 1.82) is 0 Å². The summed E-state index contributed by atoms with van der Waals surface area (Å²) in [6, 6.07) is 2.50. The van der Waals surface area contributed by atoms with Gasteiger partial charge in [0.05, 0.1) is 0 Å². The highest BCUT2D eigenvalue weighted by Gasteiger charge is 2.15. The monoisotopic (exact) mass is 273 g/mol. The van der Waals surface area contributed by atoms with Crippen molar-refractivity contribution in [3.8, 4) is 0 Å². The third-order valence-corrected chi connectivity index (χ3v) is 3.66. The zero-order chi connectivity index (χ0) is 9.97. The highest BCUT2D eigenvalue weighted by molar-refractivity contribution is 9.10. The van der Waals surface area contributed by atoms with Gasteiger partial charge in [-0.3, -0.25) is 0 Å². The van der Waals surface area contributed by atoms with Gasteiger partial charge in [0.25, 0.3) is 0 Å². The Labute approximate surface area is 96.2 Å². The molecule has 1 fully saturated rings. The first-order chi connectivity index (χ1) is 6.74. The second-order valence-corrected chi connectivity index (χ2v) is 5.29. The summed E-state index contributed by atoms with van der Waals surface area (Å²) in [6.45, 7) is 1.90. The molecule has 1 atom stereocenters. The van der Waals surface area contributed by atoms with Crippen LogP contribution in [0.4, 0.5) is 5.82 Å². The van der Waals surface area contributed by atoms with Crippen molar-refractivity contribution in [1.82, 2.24) is 9.97 Å². The summed E-state index contributed by atoms with van der Waals surface area (Å²) in [5, 5.41) is 3.42. The van der Waals surface area contributed by atoms with E-state index in [9.17, 15) is 0 Å². The van der Waals surface area contributed by atoms with Crippen LogP contribution in [0.2, 0.25) is 0 Å². The van der Waals surface area contributed by atoms with E-state index in [-0.39, 0.29) is 0 Å². The van der Waals surface area contributed by atoms with Crippen LogP contribution in [0.3, 0.4) is 0 Å². The van der Waals surface area contributed by atoms with Crippen molar-refractivity contribution in [2.75, 3.05) is 16.8 Å². The molecule has 5 heteroatoms. The molecule has 0 spiro atoms. The van der Waals surface area contributed by atoms with E-state index >= 15 is 0 Å². The van der Waals surface area contributed by atoms with Crippen LogP contribution in [0.5, 0.6) is 0 Å². The Morgan fingerprint density at radius 2 is 2.43 bits per heavy atom. The van der Waals surface area contributed by atoms with Crippen LogP contribution >= 0.6 is 27.7 Å². The lowest BCUT2D eigenvalue weighted by atomic mass is 10.2. The Morgan fingerprint density at radius 3 is 3.07 bits per heavy atom. The molecule has 1 saturated heterocycles. The summed E-state index contributed by atoms with van der Waals surface area (Å²) in [6.07, 6.45) is 1.23. The summed E-state index contributed by atoms with van der Waals surface area (Å²) in [7, 11) is 0. The molecule has 2 rings (SSSR count). The Morgan fingerprint density at radius 1 is 1.57 bits per heavy atom. The highest BCUT2D eigenvalue weighted by Crippen LogP contribution is 2.21. The molecule has 1 unspecified atom stereocenters. The number of hydrogen-bond acceptors (Lipinski definition) is 4. The first-order valence-corrected chi connectivity index (χ1v) is 6.54. The number of nitrogens with one attached hydrogen (secondary N) is 1. The van der Waals surface area contributed by atoms with Crippen LogP contribution in [0, 0.1) is 6.92 Å². The maximum absolute atomic E-state index is 4.34. The second kappa shape index (κ2) is 4.49.